The minimum atomic E-state index is -0.421. The molecule has 2 N–H and O–H groups in total. The predicted molar refractivity (Wildman–Crippen MR) is 63.9 cm³/mol. The van der Waals surface area contributed by atoms with Gasteiger partial charge in [0.15, 0.2) is 0 Å². The van der Waals surface area contributed by atoms with Crippen LogP contribution in [0.3, 0.4) is 0 Å². The standard InChI is InChI=1S/C11H13ClN2O2/c1-7-3-4-9(5-10(7)12)14-11(16)13-6-8(2)15/h3-5H,6H2,1-2H3,(H2,13,14,16). The zero-order chi connectivity index (χ0) is 12.1. The summed E-state index contributed by atoms with van der Waals surface area (Å²) in [7, 11) is 0. The van der Waals surface area contributed by atoms with E-state index in [9.17, 15) is 9.59 Å². The molecule has 0 aromatic heterocycles. The lowest BCUT2D eigenvalue weighted by atomic mass is 10.2. The second kappa shape index (κ2) is 5.51. The van der Waals surface area contributed by atoms with Crippen LogP contribution in [0.15, 0.2) is 18.2 Å². The highest BCUT2D eigenvalue weighted by molar-refractivity contribution is 6.31. The molecule has 0 saturated heterocycles. The van der Waals surface area contributed by atoms with Gasteiger partial charge in [-0.2, -0.15) is 0 Å². The summed E-state index contributed by atoms with van der Waals surface area (Å²) in [5.74, 6) is -0.0999. The maximum Gasteiger partial charge on any atom is 0.319 e. The lowest BCUT2D eigenvalue weighted by Gasteiger charge is -2.07. The Bertz CT molecular complexity index is 418. The summed E-state index contributed by atoms with van der Waals surface area (Å²) < 4.78 is 0. The maximum absolute atomic E-state index is 11.3. The molecule has 0 aliphatic carbocycles. The third-order valence-electron chi connectivity index (χ3n) is 1.93. The fourth-order valence-corrected chi connectivity index (χ4v) is 1.23. The first-order valence-electron chi connectivity index (χ1n) is 4.79. The van der Waals surface area contributed by atoms with Crippen LogP contribution in [0.1, 0.15) is 12.5 Å². The number of amides is 2. The summed E-state index contributed by atoms with van der Waals surface area (Å²) in [6.45, 7) is 3.30. The van der Waals surface area contributed by atoms with Crippen LogP contribution in [0.5, 0.6) is 0 Å². The Labute approximate surface area is 99.0 Å². The summed E-state index contributed by atoms with van der Waals surface area (Å²) in [5, 5.41) is 5.59. The number of nitrogens with one attached hydrogen (secondary N) is 2. The van der Waals surface area contributed by atoms with Crippen LogP contribution in [0, 0.1) is 6.92 Å². The largest absolute Gasteiger partial charge is 0.331 e. The number of hydrogen-bond donors (Lipinski definition) is 2. The van der Waals surface area contributed by atoms with Crippen LogP contribution in [0.2, 0.25) is 5.02 Å². The van der Waals surface area contributed by atoms with E-state index in [4.69, 9.17) is 11.6 Å². The first-order valence-corrected chi connectivity index (χ1v) is 5.17. The molecule has 4 nitrogen and oxygen atoms in total. The summed E-state index contributed by atoms with van der Waals surface area (Å²) in [5.41, 5.74) is 1.54. The molecule has 0 unspecified atom stereocenters. The number of benzene rings is 1. The van der Waals surface area contributed by atoms with Gasteiger partial charge in [0.25, 0.3) is 0 Å². The van der Waals surface area contributed by atoms with Crippen molar-refractivity contribution in [3.63, 3.8) is 0 Å². The molecule has 1 aromatic carbocycles. The van der Waals surface area contributed by atoms with E-state index in [1.54, 1.807) is 12.1 Å². The number of ketones is 1. The molecule has 0 atom stereocenters. The zero-order valence-electron chi connectivity index (χ0n) is 9.13. The van der Waals surface area contributed by atoms with Gasteiger partial charge in [-0.05, 0) is 31.5 Å². The molecule has 0 saturated carbocycles. The lowest BCUT2D eigenvalue weighted by molar-refractivity contribution is -0.116. The molecule has 0 aliphatic rings. The van der Waals surface area contributed by atoms with E-state index in [2.05, 4.69) is 10.6 Å². The maximum atomic E-state index is 11.3. The SMILES string of the molecule is CC(=O)CNC(=O)Nc1ccc(C)c(Cl)c1. The quantitative estimate of drug-likeness (QED) is 0.852. The zero-order valence-corrected chi connectivity index (χ0v) is 9.89. The Balaban J connectivity index is 2.56. The second-order valence-electron chi connectivity index (χ2n) is 3.47. The molecule has 16 heavy (non-hydrogen) atoms. The summed E-state index contributed by atoms with van der Waals surface area (Å²) in [6, 6.07) is 4.79. The number of aryl methyl sites for hydroxylation is 1. The fraction of sp³-hybridized carbons (Fsp3) is 0.273. The Hall–Kier alpha value is -1.55. The van der Waals surface area contributed by atoms with Crippen molar-refractivity contribution in [1.82, 2.24) is 5.32 Å². The first-order chi connectivity index (χ1) is 7.49. The fourth-order valence-electron chi connectivity index (χ4n) is 1.05. The molecule has 2 amide bonds. The van der Waals surface area contributed by atoms with Gasteiger partial charge in [0.1, 0.15) is 5.78 Å². The van der Waals surface area contributed by atoms with Crippen molar-refractivity contribution in [2.45, 2.75) is 13.8 Å². The van der Waals surface area contributed by atoms with E-state index in [1.165, 1.54) is 6.92 Å². The minimum absolute atomic E-state index is 0.0193. The van der Waals surface area contributed by atoms with Gasteiger partial charge in [-0.15, -0.1) is 0 Å². The van der Waals surface area contributed by atoms with Gasteiger partial charge in [0.05, 0.1) is 6.54 Å². The van der Waals surface area contributed by atoms with E-state index in [0.717, 1.165) is 5.56 Å². The predicted octanol–water partition coefficient (Wildman–Crippen LogP) is 2.36. The van der Waals surface area contributed by atoms with Crippen molar-refractivity contribution in [3.8, 4) is 0 Å². The number of anilines is 1. The van der Waals surface area contributed by atoms with Crippen LogP contribution in [-0.4, -0.2) is 18.4 Å². The van der Waals surface area contributed by atoms with Gasteiger partial charge in [-0.25, -0.2) is 4.79 Å². The smallest absolute Gasteiger partial charge is 0.319 e. The number of carbonyl (C=O) groups is 2. The Morgan fingerprint density at radius 1 is 1.38 bits per heavy atom. The average molecular weight is 241 g/mol. The normalized spacial score (nSPS) is 9.69. The van der Waals surface area contributed by atoms with E-state index < -0.39 is 6.03 Å². The minimum Gasteiger partial charge on any atom is -0.331 e. The Kier molecular flexibility index (Phi) is 4.31. The summed E-state index contributed by atoms with van der Waals surface area (Å²) >= 11 is 5.90. The summed E-state index contributed by atoms with van der Waals surface area (Å²) in [4.78, 5) is 21.9. The van der Waals surface area contributed by atoms with Crippen molar-refractivity contribution in [3.05, 3.63) is 28.8 Å². The van der Waals surface area contributed by atoms with Gasteiger partial charge in [0.2, 0.25) is 0 Å². The first kappa shape index (κ1) is 12.5. The molecule has 0 aliphatic heterocycles. The molecule has 0 spiro atoms. The second-order valence-corrected chi connectivity index (χ2v) is 3.88. The van der Waals surface area contributed by atoms with E-state index in [-0.39, 0.29) is 12.3 Å². The topological polar surface area (TPSA) is 58.2 Å². The van der Waals surface area contributed by atoms with Crippen molar-refractivity contribution in [2.24, 2.45) is 0 Å². The number of Topliss-reactive ketones (excluding diaryl/α,β-unsaturated/α-hetero) is 1. The number of halogens is 1. The van der Waals surface area contributed by atoms with Gasteiger partial charge >= 0.3 is 6.03 Å². The molecule has 0 radical (unpaired) electrons. The molecular weight excluding hydrogens is 228 g/mol. The summed E-state index contributed by atoms with van der Waals surface area (Å²) in [6.07, 6.45) is 0. The van der Waals surface area contributed by atoms with Gasteiger partial charge in [-0.3, -0.25) is 4.79 Å². The van der Waals surface area contributed by atoms with Crippen LogP contribution in [-0.2, 0) is 4.79 Å². The number of carbonyl (C=O) groups excluding carboxylic acids is 2. The molecular formula is C11H13ClN2O2. The van der Waals surface area contributed by atoms with Crippen molar-refractivity contribution in [2.75, 3.05) is 11.9 Å². The number of urea groups is 1. The van der Waals surface area contributed by atoms with Crippen molar-refractivity contribution < 1.29 is 9.59 Å². The highest BCUT2D eigenvalue weighted by Crippen LogP contribution is 2.19. The highest BCUT2D eigenvalue weighted by atomic mass is 35.5. The van der Waals surface area contributed by atoms with Crippen LogP contribution >= 0.6 is 11.6 Å². The third kappa shape index (κ3) is 3.90. The van der Waals surface area contributed by atoms with Crippen LogP contribution < -0.4 is 10.6 Å². The van der Waals surface area contributed by atoms with Gasteiger partial charge in [-0.1, -0.05) is 17.7 Å². The highest BCUT2D eigenvalue weighted by Gasteiger charge is 2.03. The monoisotopic (exact) mass is 240 g/mol. The number of rotatable bonds is 3. The van der Waals surface area contributed by atoms with Crippen LogP contribution in [0.4, 0.5) is 10.5 Å². The number of hydrogen-bond acceptors (Lipinski definition) is 2. The van der Waals surface area contributed by atoms with E-state index >= 15 is 0 Å². The van der Waals surface area contributed by atoms with E-state index in [0.29, 0.717) is 10.7 Å². The lowest BCUT2D eigenvalue weighted by Crippen LogP contribution is -2.32. The molecule has 5 heteroatoms. The van der Waals surface area contributed by atoms with Gasteiger partial charge < -0.3 is 10.6 Å². The molecule has 1 aromatic rings. The van der Waals surface area contributed by atoms with Crippen LogP contribution in [0.25, 0.3) is 0 Å². The Morgan fingerprint density at radius 3 is 2.62 bits per heavy atom. The van der Waals surface area contributed by atoms with Crippen molar-refractivity contribution >= 4 is 29.1 Å². The third-order valence-corrected chi connectivity index (χ3v) is 2.33. The molecule has 0 heterocycles. The molecule has 86 valence electrons. The van der Waals surface area contributed by atoms with E-state index in [1.807, 2.05) is 13.0 Å². The van der Waals surface area contributed by atoms with Gasteiger partial charge in [0, 0.05) is 10.7 Å². The average Bonchev–Trinajstić information content (AvgIpc) is 2.21. The Morgan fingerprint density at radius 2 is 2.06 bits per heavy atom. The molecule has 0 fully saturated rings. The molecule has 1 rings (SSSR count). The molecule has 0 bridgehead atoms. The van der Waals surface area contributed by atoms with Crippen molar-refractivity contribution in [1.29, 1.82) is 0 Å².